The lowest BCUT2D eigenvalue weighted by molar-refractivity contribution is 0.112. The van der Waals surface area contributed by atoms with Gasteiger partial charge in [-0.1, -0.05) is 0 Å². The molecule has 2 aromatic rings. The van der Waals surface area contributed by atoms with Crippen LogP contribution in [0.15, 0.2) is 30.6 Å². The standard InChI is InChI=1S/C11H11N3O2/c1-16-9-4-2-8(3-5-9)14-7-13-10(6-15)11(14)12/h2-7H,12H2,1H3. The monoisotopic (exact) mass is 217 g/mol. The first-order valence-electron chi connectivity index (χ1n) is 4.68. The molecule has 1 aromatic carbocycles. The highest BCUT2D eigenvalue weighted by molar-refractivity contribution is 5.79. The second-order valence-corrected chi connectivity index (χ2v) is 3.20. The summed E-state index contributed by atoms with van der Waals surface area (Å²) < 4.78 is 6.69. The van der Waals surface area contributed by atoms with Crippen molar-refractivity contribution in [2.75, 3.05) is 12.8 Å². The van der Waals surface area contributed by atoms with Crippen LogP contribution in [0.2, 0.25) is 0 Å². The van der Waals surface area contributed by atoms with E-state index in [1.807, 2.05) is 24.3 Å². The van der Waals surface area contributed by atoms with Gasteiger partial charge in [-0.15, -0.1) is 0 Å². The number of nitrogens with zero attached hydrogens (tertiary/aromatic N) is 2. The van der Waals surface area contributed by atoms with Gasteiger partial charge in [0.1, 0.15) is 23.6 Å². The Morgan fingerprint density at radius 2 is 2.06 bits per heavy atom. The van der Waals surface area contributed by atoms with Gasteiger partial charge in [0.15, 0.2) is 6.29 Å². The molecule has 0 aliphatic rings. The van der Waals surface area contributed by atoms with Crippen molar-refractivity contribution in [1.29, 1.82) is 0 Å². The zero-order valence-corrected chi connectivity index (χ0v) is 8.75. The normalized spacial score (nSPS) is 10.1. The average Bonchev–Trinajstić information content (AvgIpc) is 2.70. The minimum Gasteiger partial charge on any atom is -0.497 e. The molecule has 0 aliphatic heterocycles. The summed E-state index contributed by atoms with van der Waals surface area (Å²) >= 11 is 0. The van der Waals surface area contributed by atoms with Gasteiger partial charge in [0.2, 0.25) is 0 Å². The van der Waals surface area contributed by atoms with Gasteiger partial charge in [0, 0.05) is 5.69 Å². The topological polar surface area (TPSA) is 70.1 Å². The Kier molecular flexibility index (Phi) is 2.59. The lowest BCUT2D eigenvalue weighted by atomic mass is 10.3. The van der Waals surface area contributed by atoms with Gasteiger partial charge in [0.25, 0.3) is 0 Å². The van der Waals surface area contributed by atoms with Crippen LogP contribution < -0.4 is 10.5 Å². The maximum atomic E-state index is 10.6. The Morgan fingerprint density at radius 3 is 2.56 bits per heavy atom. The van der Waals surface area contributed by atoms with Gasteiger partial charge in [-0.05, 0) is 24.3 Å². The fourth-order valence-electron chi connectivity index (χ4n) is 1.41. The number of carbonyl (C=O) groups is 1. The lowest BCUT2D eigenvalue weighted by Crippen LogP contribution is -2.00. The number of nitrogen functional groups attached to an aromatic ring is 1. The quantitative estimate of drug-likeness (QED) is 0.786. The predicted molar refractivity (Wildman–Crippen MR) is 59.9 cm³/mol. The molecule has 0 fully saturated rings. The van der Waals surface area contributed by atoms with E-state index in [1.165, 1.54) is 6.33 Å². The average molecular weight is 217 g/mol. The zero-order valence-electron chi connectivity index (χ0n) is 8.75. The van der Waals surface area contributed by atoms with Gasteiger partial charge in [-0.3, -0.25) is 9.36 Å². The zero-order chi connectivity index (χ0) is 11.5. The maximum absolute atomic E-state index is 10.6. The molecule has 2 N–H and O–H groups in total. The molecule has 0 aliphatic carbocycles. The smallest absolute Gasteiger partial charge is 0.172 e. The van der Waals surface area contributed by atoms with Crippen molar-refractivity contribution in [2.45, 2.75) is 0 Å². The van der Waals surface area contributed by atoms with Gasteiger partial charge >= 0.3 is 0 Å². The van der Waals surface area contributed by atoms with Crippen LogP contribution in [0.3, 0.4) is 0 Å². The minimum atomic E-state index is 0.246. The molecule has 0 bridgehead atoms. The Balaban J connectivity index is 2.42. The molecule has 16 heavy (non-hydrogen) atoms. The number of aromatic nitrogens is 2. The molecule has 5 heteroatoms. The Labute approximate surface area is 92.5 Å². The summed E-state index contributed by atoms with van der Waals surface area (Å²) in [7, 11) is 1.60. The van der Waals surface area contributed by atoms with Crippen LogP contribution in [-0.4, -0.2) is 22.9 Å². The third-order valence-corrected chi connectivity index (χ3v) is 2.30. The molecule has 0 saturated heterocycles. The summed E-state index contributed by atoms with van der Waals surface area (Å²) in [6.45, 7) is 0. The number of anilines is 1. The molecule has 0 saturated carbocycles. The highest BCUT2D eigenvalue weighted by Crippen LogP contribution is 2.18. The summed E-state index contributed by atoms with van der Waals surface area (Å²) in [5, 5.41) is 0. The van der Waals surface area contributed by atoms with Crippen LogP contribution in [0.1, 0.15) is 10.5 Å². The van der Waals surface area contributed by atoms with Crippen molar-refractivity contribution >= 4 is 12.1 Å². The predicted octanol–water partition coefficient (Wildman–Crippen LogP) is 1.28. The number of aldehydes is 1. The molecule has 0 radical (unpaired) electrons. The molecule has 82 valence electrons. The van der Waals surface area contributed by atoms with Gasteiger partial charge in [0.05, 0.1) is 7.11 Å². The largest absolute Gasteiger partial charge is 0.497 e. The molecule has 0 unspecified atom stereocenters. The third kappa shape index (κ3) is 1.63. The third-order valence-electron chi connectivity index (χ3n) is 2.30. The van der Waals surface area contributed by atoms with Gasteiger partial charge in [-0.2, -0.15) is 0 Å². The van der Waals surface area contributed by atoms with Crippen LogP contribution in [-0.2, 0) is 0 Å². The van der Waals surface area contributed by atoms with Crippen molar-refractivity contribution < 1.29 is 9.53 Å². The second kappa shape index (κ2) is 4.06. The summed E-state index contributed by atoms with van der Waals surface area (Å²) in [6, 6.07) is 7.31. The molecule has 1 heterocycles. The number of nitrogens with two attached hydrogens (primary N) is 1. The number of ether oxygens (including phenoxy) is 1. The highest BCUT2D eigenvalue weighted by atomic mass is 16.5. The molecular formula is C11H11N3O2. The molecule has 0 atom stereocenters. The number of carbonyl (C=O) groups excluding carboxylic acids is 1. The first-order chi connectivity index (χ1) is 7.76. The van der Waals surface area contributed by atoms with E-state index in [4.69, 9.17) is 10.5 Å². The fraction of sp³-hybridized carbons (Fsp3) is 0.0909. The minimum absolute atomic E-state index is 0.246. The molecule has 0 spiro atoms. The summed E-state index contributed by atoms with van der Waals surface area (Å²) in [5.74, 6) is 1.10. The molecule has 0 amide bonds. The number of methoxy groups -OCH3 is 1. The van der Waals surface area contributed by atoms with Crippen LogP contribution >= 0.6 is 0 Å². The van der Waals surface area contributed by atoms with Crippen LogP contribution in [0.4, 0.5) is 5.82 Å². The second-order valence-electron chi connectivity index (χ2n) is 3.20. The number of rotatable bonds is 3. The van der Waals surface area contributed by atoms with Crippen molar-refractivity contribution in [3.8, 4) is 11.4 Å². The SMILES string of the molecule is COc1ccc(-n2cnc(C=O)c2N)cc1. The number of benzene rings is 1. The van der Waals surface area contributed by atoms with E-state index in [1.54, 1.807) is 11.7 Å². The summed E-state index contributed by atoms with van der Waals surface area (Å²) in [6.07, 6.45) is 2.15. The van der Waals surface area contributed by atoms with Gasteiger partial charge < -0.3 is 10.5 Å². The molecule has 1 aromatic heterocycles. The van der Waals surface area contributed by atoms with Crippen LogP contribution in [0.25, 0.3) is 5.69 Å². The van der Waals surface area contributed by atoms with Crippen molar-refractivity contribution in [3.63, 3.8) is 0 Å². The Bertz CT molecular complexity index is 502. The van der Waals surface area contributed by atoms with E-state index in [0.717, 1.165) is 11.4 Å². The highest BCUT2D eigenvalue weighted by Gasteiger charge is 2.07. The van der Waals surface area contributed by atoms with E-state index in [9.17, 15) is 4.79 Å². The number of hydrogen-bond donors (Lipinski definition) is 1. The van der Waals surface area contributed by atoms with Crippen LogP contribution in [0, 0.1) is 0 Å². The number of imidazole rings is 1. The van der Waals surface area contributed by atoms with E-state index in [-0.39, 0.29) is 5.69 Å². The maximum Gasteiger partial charge on any atom is 0.172 e. The Hall–Kier alpha value is -2.30. The van der Waals surface area contributed by atoms with Crippen LogP contribution in [0.5, 0.6) is 5.75 Å². The first kappa shape index (κ1) is 10.2. The summed E-state index contributed by atoms with van der Waals surface area (Å²) in [5.41, 5.74) is 6.83. The molecule has 2 rings (SSSR count). The van der Waals surface area contributed by atoms with E-state index < -0.39 is 0 Å². The number of hydrogen-bond acceptors (Lipinski definition) is 4. The van der Waals surface area contributed by atoms with Gasteiger partial charge in [-0.25, -0.2) is 4.98 Å². The molecular weight excluding hydrogens is 206 g/mol. The van der Waals surface area contributed by atoms with Crippen molar-refractivity contribution in [1.82, 2.24) is 9.55 Å². The van der Waals surface area contributed by atoms with Crippen molar-refractivity contribution in [2.24, 2.45) is 0 Å². The summed E-state index contributed by atoms with van der Waals surface area (Å²) in [4.78, 5) is 14.5. The fourth-order valence-corrected chi connectivity index (χ4v) is 1.41. The Morgan fingerprint density at radius 1 is 1.38 bits per heavy atom. The lowest BCUT2D eigenvalue weighted by Gasteiger charge is -2.05. The van der Waals surface area contributed by atoms with E-state index in [2.05, 4.69) is 4.98 Å². The van der Waals surface area contributed by atoms with Crippen molar-refractivity contribution in [3.05, 3.63) is 36.3 Å². The first-order valence-corrected chi connectivity index (χ1v) is 4.68. The van der Waals surface area contributed by atoms with E-state index >= 15 is 0 Å². The van der Waals surface area contributed by atoms with E-state index in [0.29, 0.717) is 12.1 Å². The molecule has 5 nitrogen and oxygen atoms in total.